The Morgan fingerprint density at radius 2 is 2.50 bits per heavy atom. The Labute approximate surface area is 86.3 Å². The molecule has 0 aliphatic rings. The zero-order valence-electron chi connectivity index (χ0n) is 7.68. The van der Waals surface area contributed by atoms with Gasteiger partial charge in [-0.25, -0.2) is 0 Å². The first-order valence-corrected chi connectivity index (χ1v) is 5.16. The number of hydrogen-bond donors (Lipinski definition) is 2. The number of aliphatic carboxylic acids is 1. The van der Waals surface area contributed by atoms with Crippen molar-refractivity contribution in [2.24, 2.45) is 5.73 Å². The zero-order chi connectivity index (χ0) is 10.4. The topological polar surface area (TPSA) is 72.5 Å². The van der Waals surface area contributed by atoms with Gasteiger partial charge in [0, 0.05) is 11.3 Å². The molecule has 1 rings (SSSR count). The van der Waals surface area contributed by atoms with Gasteiger partial charge in [-0.2, -0.15) is 0 Å². The van der Waals surface area contributed by atoms with Gasteiger partial charge in [-0.15, -0.1) is 11.3 Å². The molecule has 0 bridgehead atoms. The van der Waals surface area contributed by atoms with Crippen LogP contribution in [0.4, 0.5) is 0 Å². The lowest BCUT2D eigenvalue weighted by Crippen LogP contribution is -2.35. The van der Waals surface area contributed by atoms with E-state index in [2.05, 4.69) is 0 Å². The molecule has 1 unspecified atom stereocenters. The van der Waals surface area contributed by atoms with Gasteiger partial charge >= 0.3 is 5.97 Å². The number of carboxylic acid groups (broad SMARTS) is 1. The summed E-state index contributed by atoms with van der Waals surface area (Å²) in [4.78, 5) is 11.5. The highest BCUT2D eigenvalue weighted by molar-refractivity contribution is 7.09. The van der Waals surface area contributed by atoms with E-state index < -0.39 is 12.0 Å². The van der Waals surface area contributed by atoms with Crippen LogP contribution in [0.1, 0.15) is 4.88 Å². The molecule has 1 heterocycles. The van der Waals surface area contributed by atoms with Crippen molar-refractivity contribution >= 4 is 17.3 Å². The first kappa shape index (κ1) is 11.2. The summed E-state index contributed by atoms with van der Waals surface area (Å²) in [7, 11) is 0. The number of rotatable bonds is 6. The smallest absolute Gasteiger partial charge is 0.322 e. The number of hydrogen-bond acceptors (Lipinski definition) is 4. The van der Waals surface area contributed by atoms with Crippen LogP contribution in [-0.4, -0.2) is 30.3 Å². The van der Waals surface area contributed by atoms with Gasteiger partial charge in [-0.05, 0) is 11.4 Å². The van der Waals surface area contributed by atoms with Crippen LogP contribution in [0, 0.1) is 0 Å². The molecular formula is C9H13NO3S. The number of carboxylic acids is 1. The first-order chi connectivity index (χ1) is 6.70. The third kappa shape index (κ3) is 3.87. The van der Waals surface area contributed by atoms with Crippen LogP contribution in [0.5, 0.6) is 0 Å². The van der Waals surface area contributed by atoms with E-state index in [1.807, 2.05) is 17.5 Å². The largest absolute Gasteiger partial charge is 0.480 e. The summed E-state index contributed by atoms with van der Waals surface area (Å²) in [6.45, 7) is 0.586. The van der Waals surface area contributed by atoms with Crippen molar-refractivity contribution in [3.05, 3.63) is 22.4 Å². The summed E-state index contributed by atoms with van der Waals surface area (Å²) >= 11 is 1.66. The quantitative estimate of drug-likeness (QED) is 0.686. The fourth-order valence-electron chi connectivity index (χ4n) is 0.909. The molecule has 0 aliphatic heterocycles. The van der Waals surface area contributed by atoms with E-state index in [1.54, 1.807) is 11.3 Å². The summed E-state index contributed by atoms with van der Waals surface area (Å²) in [6, 6.07) is 3.08. The molecule has 3 N–H and O–H groups in total. The molecule has 5 heteroatoms. The number of thiophene rings is 1. The monoisotopic (exact) mass is 215 g/mol. The number of carbonyl (C=O) groups is 1. The van der Waals surface area contributed by atoms with Crippen molar-refractivity contribution in [3.63, 3.8) is 0 Å². The summed E-state index contributed by atoms with van der Waals surface area (Å²) in [5, 5.41) is 10.5. The minimum atomic E-state index is -1.03. The number of nitrogens with two attached hydrogens (primary N) is 1. The Morgan fingerprint density at radius 1 is 1.71 bits per heavy atom. The fraction of sp³-hybridized carbons (Fsp3) is 0.444. The molecule has 1 aromatic heterocycles. The molecule has 0 saturated heterocycles. The standard InChI is InChI=1S/C9H13NO3S/c10-8(9(11)12)6-13-4-3-7-2-1-5-14-7/h1-2,5,8H,3-4,6,10H2,(H,11,12). The molecule has 0 amide bonds. The van der Waals surface area contributed by atoms with Crippen LogP contribution in [0.25, 0.3) is 0 Å². The third-order valence-electron chi connectivity index (χ3n) is 1.69. The zero-order valence-corrected chi connectivity index (χ0v) is 8.50. The van der Waals surface area contributed by atoms with Crippen molar-refractivity contribution in [2.75, 3.05) is 13.2 Å². The minimum Gasteiger partial charge on any atom is -0.480 e. The first-order valence-electron chi connectivity index (χ1n) is 4.28. The summed E-state index contributed by atoms with van der Waals surface area (Å²) in [5.74, 6) is -1.03. The van der Waals surface area contributed by atoms with Gasteiger partial charge in [0.2, 0.25) is 0 Å². The van der Waals surface area contributed by atoms with E-state index in [1.165, 1.54) is 4.88 Å². The van der Waals surface area contributed by atoms with Gasteiger partial charge in [-0.1, -0.05) is 6.07 Å². The molecule has 0 aliphatic carbocycles. The van der Waals surface area contributed by atoms with Crippen molar-refractivity contribution in [1.29, 1.82) is 0 Å². The van der Waals surface area contributed by atoms with E-state index in [4.69, 9.17) is 15.6 Å². The van der Waals surface area contributed by atoms with Crippen LogP contribution >= 0.6 is 11.3 Å². The Balaban J connectivity index is 2.08. The van der Waals surface area contributed by atoms with E-state index in [0.717, 1.165) is 6.42 Å². The molecule has 0 radical (unpaired) electrons. The predicted octanol–water partition coefficient (Wildman–Crippen LogP) is 0.719. The molecule has 4 nitrogen and oxygen atoms in total. The van der Waals surface area contributed by atoms with Crippen LogP contribution in [-0.2, 0) is 16.0 Å². The average Bonchev–Trinajstić information content (AvgIpc) is 2.64. The molecule has 0 fully saturated rings. The van der Waals surface area contributed by atoms with Crippen LogP contribution < -0.4 is 5.73 Å². The Bertz CT molecular complexity index is 274. The molecule has 78 valence electrons. The average molecular weight is 215 g/mol. The van der Waals surface area contributed by atoms with Gasteiger partial charge in [0.25, 0.3) is 0 Å². The predicted molar refractivity (Wildman–Crippen MR) is 54.5 cm³/mol. The molecule has 0 spiro atoms. The highest BCUT2D eigenvalue weighted by atomic mass is 32.1. The van der Waals surface area contributed by atoms with E-state index in [0.29, 0.717) is 6.61 Å². The number of ether oxygens (including phenoxy) is 1. The normalized spacial score (nSPS) is 12.6. The molecular weight excluding hydrogens is 202 g/mol. The maximum atomic E-state index is 10.3. The van der Waals surface area contributed by atoms with Gasteiger partial charge in [0.1, 0.15) is 6.04 Å². The Morgan fingerprint density at radius 3 is 3.07 bits per heavy atom. The molecule has 1 atom stereocenters. The molecule has 0 saturated carbocycles. The molecule has 14 heavy (non-hydrogen) atoms. The van der Waals surface area contributed by atoms with Gasteiger partial charge in [-0.3, -0.25) is 4.79 Å². The van der Waals surface area contributed by atoms with Crippen molar-refractivity contribution in [3.8, 4) is 0 Å². The third-order valence-corrected chi connectivity index (χ3v) is 2.62. The van der Waals surface area contributed by atoms with Crippen molar-refractivity contribution in [2.45, 2.75) is 12.5 Å². The minimum absolute atomic E-state index is 0.0701. The van der Waals surface area contributed by atoms with Crippen LogP contribution in [0.3, 0.4) is 0 Å². The SMILES string of the molecule is NC(COCCc1cccs1)C(=O)O. The summed E-state index contributed by atoms with van der Waals surface area (Å²) < 4.78 is 5.13. The van der Waals surface area contributed by atoms with Crippen molar-refractivity contribution in [1.82, 2.24) is 0 Å². The summed E-state index contributed by atoms with van der Waals surface area (Å²) in [6.07, 6.45) is 0.810. The maximum absolute atomic E-state index is 10.3. The Hall–Kier alpha value is -0.910. The highest BCUT2D eigenvalue weighted by Gasteiger charge is 2.10. The lowest BCUT2D eigenvalue weighted by atomic mass is 10.3. The van der Waals surface area contributed by atoms with E-state index in [-0.39, 0.29) is 6.61 Å². The maximum Gasteiger partial charge on any atom is 0.322 e. The van der Waals surface area contributed by atoms with Gasteiger partial charge in [0.15, 0.2) is 0 Å². The van der Waals surface area contributed by atoms with Crippen LogP contribution in [0.2, 0.25) is 0 Å². The summed E-state index contributed by atoms with van der Waals surface area (Å²) in [5.41, 5.74) is 5.25. The van der Waals surface area contributed by atoms with E-state index in [9.17, 15) is 4.79 Å². The fourth-order valence-corrected chi connectivity index (χ4v) is 1.60. The van der Waals surface area contributed by atoms with Gasteiger partial charge in [0.05, 0.1) is 13.2 Å². The van der Waals surface area contributed by atoms with Gasteiger partial charge < -0.3 is 15.6 Å². The lowest BCUT2D eigenvalue weighted by molar-refractivity contribution is -0.139. The molecule has 0 aromatic carbocycles. The lowest BCUT2D eigenvalue weighted by Gasteiger charge is -2.06. The second kappa shape index (κ2) is 5.74. The second-order valence-corrected chi connectivity index (χ2v) is 3.88. The van der Waals surface area contributed by atoms with Crippen LogP contribution in [0.15, 0.2) is 17.5 Å². The highest BCUT2D eigenvalue weighted by Crippen LogP contribution is 2.08. The second-order valence-electron chi connectivity index (χ2n) is 2.85. The Kier molecular flexibility index (Phi) is 4.58. The van der Waals surface area contributed by atoms with Crippen molar-refractivity contribution < 1.29 is 14.6 Å². The molecule has 1 aromatic rings. The van der Waals surface area contributed by atoms with E-state index >= 15 is 0 Å².